The van der Waals surface area contributed by atoms with Crippen LogP contribution in [0.1, 0.15) is 11.1 Å². The monoisotopic (exact) mass is 268 g/mol. The Labute approximate surface area is 97.0 Å². The molecule has 0 amide bonds. The third kappa shape index (κ3) is 2.76. The van der Waals surface area contributed by atoms with E-state index in [1.807, 2.05) is 0 Å². The van der Waals surface area contributed by atoms with Crippen molar-refractivity contribution in [2.45, 2.75) is 12.7 Å². The molecule has 1 N–H and O–H groups in total. The van der Waals surface area contributed by atoms with E-state index in [1.165, 1.54) is 20.1 Å². The summed E-state index contributed by atoms with van der Waals surface area (Å²) in [4.78, 5) is 0. The summed E-state index contributed by atoms with van der Waals surface area (Å²) in [5, 5.41) is 9.30. The number of aromatic hydroxyl groups is 1. The molecule has 16 heavy (non-hydrogen) atoms. The largest absolute Gasteiger partial charge is 0.505 e. The molecule has 0 spiro atoms. The summed E-state index contributed by atoms with van der Waals surface area (Å²) < 4.78 is 40.0. The molecular weight excluding hydrogens is 259 g/mol. The van der Waals surface area contributed by atoms with Gasteiger partial charge in [0.2, 0.25) is 14.9 Å². The van der Waals surface area contributed by atoms with Crippen molar-refractivity contribution < 1.29 is 22.7 Å². The van der Waals surface area contributed by atoms with Gasteiger partial charge in [0, 0.05) is 16.2 Å². The highest BCUT2D eigenvalue weighted by Crippen LogP contribution is 2.34. The fourth-order valence-corrected chi connectivity index (χ4v) is 2.27. The Hall–Kier alpha value is -1.01. The van der Waals surface area contributed by atoms with Crippen LogP contribution < -0.4 is 4.74 Å². The second-order valence-corrected chi connectivity index (χ2v) is 6.01. The summed E-state index contributed by atoms with van der Waals surface area (Å²) in [6.07, 6.45) is 0. The average molecular weight is 269 g/mol. The summed E-state index contributed by atoms with van der Waals surface area (Å²) in [7, 11) is 2.44. The van der Waals surface area contributed by atoms with Crippen molar-refractivity contribution in [3.8, 4) is 11.5 Å². The van der Waals surface area contributed by atoms with E-state index < -0.39 is 26.4 Å². The molecule has 0 saturated carbocycles. The molecular formula is C9H10ClFO4S. The Bertz CT molecular complexity index is 513. The maximum atomic E-state index is 13.5. The lowest BCUT2D eigenvalue weighted by atomic mass is 10.1. The Morgan fingerprint density at radius 3 is 2.56 bits per heavy atom. The molecule has 0 aromatic heterocycles. The Morgan fingerprint density at radius 1 is 1.56 bits per heavy atom. The zero-order chi connectivity index (χ0) is 12.5. The van der Waals surface area contributed by atoms with Gasteiger partial charge < -0.3 is 9.84 Å². The molecule has 0 atom stereocenters. The van der Waals surface area contributed by atoms with E-state index in [2.05, 4.69) is 0 Å². The van der Waals surface area contributed by atoms with Crippen LogP contribution in [0, 0.1) is 12.7 Å². The second kappa shape index (κ2) is 4.47. The van der Waals surface area contributed by atoms with Gasteiger partial charge in [-0.05, 0) is 18.6 Å². The third-order valence-electron chi connectivity index (χ3n) is 2.00. The first-order valence-corrected chi connectivity index (χ1v) is 6.71. The second-order valence-electron chi connectivity index (χ2n) is 3.23. The maximum Gasteiger partial charge on any atom is 0.236 e. The minimum atomic E-state index is -3.81. The fourth-order valence-electron chi connectivity index (χ4n) is 1.33. The normalized spacial score (nSPS) is 11.5. The third-order valence-corrected chi connectivity index (χ3v) is 2.98. The molecule has 1 aromatic rings. The molecule has 0 unspecified atom stereocenters. The smallest absolute Gasteiger partial charge is 0.236 e. The molecule has 0 aliphatic rings. The van der Waals surface area contributed by atoms with Crippen molar-refractivity contribution >= 4 is 19.7 Å². The number of benzene rings is 1. The minimum Gasteiger partial charge on any atom is -0.505 e. The van der Waals surface area contributed by atoms with Gasteiger partial charge in [0.1, 0.15) is 0 Å². The van der Waals surface area contributed by atoms with Gasteiger partial charge in [0.05, 0.1) is 12.9 Å². The average Bonchev–Trinajstić information content (AvgIpc) is 2.12. The van der Waals surface area contributed by atoms with Crippen molar-refractivity contribution in [2.24, 2.45) is 0 Å². The lowest BCUT2D eigenvalue weighted by Gasteiger charge is -2.11. The lowest BCUT2D eigenvalue weighted by molar-refractivity contribution is 0.360. The Balaban J connectivity index is 3.39. The SMILES string of the molecule is COc1c(CS(=O)(=O)Cl)cc(C)c(O)c1F. The summed E-state index contributed by atoms with van der Waals surface area (Å²) >= 11 is 0. The van der Waals surface area contributed by atoms with Crippen LogP contribution in [0.15, 0.2) is 6.07 Å². The number of hydrogen-bond acceptors (Lipinski definition) is 4. The van der Waals surface area contributed by atoms with Gasteiger partial charge in [-0.3, -0.25) is 0 Å². The number of ether oxygens (including phenoxy) is 1. The van der Waals surface area contributed by atoms with Gasteiger partial charge in [-0.25, -0.2) is 8.42 Å². The van der Waals surface area contributed by atoms with Crippen LogP contribution in [0.5, 0.6) is 11.5 Å². The zero-order valence-electron chi connectivity index (χ0n) is 8.62. The number of hydrogen-bond donors (Lipinski definition) is 1. The van der Waals surface area contributed by atoms with E-state index in [-0.39, 0.29) is 16.9 Å². The molecule has 0 radical (unpaired) electrons. The van der Waals surface area contributed by atoms with E-state index in [1.54, 1.807) is 0 Å². The number of aryl methyl sites for hydroxylation is 1. The predicted molar refractivity (Wildman–Crippen MR) is 57.8 cm³/mol. The van der Waals surface area contributed by atoms with E-state index in [9.17, 15) is 17.9 Å². The Kier molecular flexibility index (Phi) is 3.64. The first kappa shape index (κ1) is 13.1. The predicted octanol–water partition coefficient (Wildman–Crippen LogP) is 1.92. The van der Waals surface area contributed by atoms with Crippen LogP contribution in [0.3, 0.4) is 0 Å². The molecule has 0 bridgehead atoms. The van der Waals surface area contributed by atoms with Crippen LogP contribution in [-0.2, 0) is 14.8 Å². The lowest BCUT2D eigenvalue weighted by Crippen LogP contribution is -2.02. The summed E-state index contributed by atoms with van der Waals surface area (Å²) in [6.45, 7) is 1.45. The highest BCUT2D eigenvalue weighted by atomic mass is 35.7. The highest BCUT2D eigenvalue weighted by molar-refractivity contribution is 8.13. The van der Waals surface area contributed by atoms with Crippen molar-refractivity contribution in [2.75, 3.05) is 7.11 Å². The molecule has 90 valence electrons. The maximum absolute atomic E-state index is 13.5. The van der Waals surface area contributed by atoms with Crippen LogP contribution in [0.25, 0.3) is 0 Å². The van der Waals surface area contributed by atoms with Crippen molar-refractivity contribution in [1.82, 2.24) is 0 Å². The van der Waals surface area contributed by atoms with Crippen molar-refractivity contribution in [1.29, 1.82) is 0 Å². The first-order valence-electron chi connectivity index (χ1n) is 4.23. The standard InChI is InChI=1S/C9H10ClFO4S/c1-5-3-6(4-16(10,13)14)9(15-2)7(11)8(5)12/h3,12H,4H2,1-2H3. The summed E-state index contributed by atoms with van der Waals surface area (Å²) in [5.41, 5.74) is 0.291. The number of methoxy groups -OCH3 is 1. The molecule has 7 heteroatoms. The van der Waals surface area contributed by atoms with Gasteiger partial charge in [0.15, 0.2) is 11.5 Å². The zero-order valence-corrected chi connectivity index (χ0v) is 10.2. The quantitative estimate of drug-likeness (QED) is 0.851. The summed E-state index contributed by atoms with van der Waals surface area (Å²) in [6, 6.07) is 1.32. The molecule has 0 saturated heterocycles. The Morgan fingerprint density at radius 2 is 2.12 bits per heavy atom. The number of phenolic OH excluding ortho intramolecular Hbond substituents is 1. The van der Waals surface area contributed by atoms with Gasteiger partial charge >= 0.3 is 0 Å². The van der Waals surface area contributed by atoms with E-state index in [0.717, 1.165) is 0 Å². The van der Waals surface area contributed by atoms with Gasteiger partial charge in [0.25, 0.3) is 0 Å². The van der Waals surface area contributed by atoms with E-state index >= 15 is 0 Å². The molecule has 0 heterocycles. The van der Waals surface area contributed by atoms with Crippen LogP contribution in [0.2, 0.25) is 0 Å². The fraction of sp³-hybridized carbons (Fsp3) is 0.333. The number of rotatable bonds is 3. The molecule has 0 fully saturated rings. The molecule has 1 aromatic carbocycles. The van der Waals surface area contributed by atoms with Crippen molar-refractivity contribution in [3.05, 3.63) is 23.0 Å². The highest BCUT2D eigenvalue weighted by Gasteiger charge is 2.20. The van der Waals surface area contributed by atoms with Crippen molar-refractivity contribution in [3.63, 3.8) is 0 Å². The van der Waals surface area contributed by atoms with E-state index in [0.29, 0.717) is 0 Å². The van der Waals surface area contributed by atoms with Gasteiger partial charge in [-0.1, -0.05) is 0 Å². The van der Waals surface area contributed by atoms with Crippen LogP contribution in [0.4, 0.5) is 4.39 Å². The van der Waals surface area contributed by atoms with Gasteiger partial charge in [-0.2, -0.15) is 4.39 Å². The van der Waals surface area contributed by atoms with Crippen LogP contribution in [-0.4, -0.2) is 20.6 Å². The molecule has 0 aliphatic carbocycles. The first-order chi connectivity index (χ1) is 7.26. The minimum absolute atomic E-state index is 0.0744. The number of halogens is 2. The molecule has 4 nitrogen and oxygen atoms in total. The summed E-state index contributed by atoms with van der Waals surface area (Å²) in [5.74, 6) is -2.42. The number of phenols is 1. The molecule has 1 rings (SSSR count). The molecule has 0 aliphatic heterocycles. The topological polar surface area (TPSA) is 63.6 Å². The van der Waals surface area contributed by atoms with Gasteiger partial charge in [-0.15, -0.1) is 0 Å². The van der Waals surface area contributed by atoms with Crippen LogP contribution >= 0.6 is 10.7 Å². The van der Waals surface area contributed by atoms with E-state index in [4.69, 9.17) is 15.4 Å².